The first kappa shape index (κ1) is 14.0. The molecule has 1 saturated heterocycles. The number of carbonyl (C=O) groups excluding carboxylic acids is 1. The lowest BCUT2D eigenvalue weighted by Gasteiger charge is -2.25. The molecule has 0 aromatic rings. The summed E-state index contributed by atoms with van der Waals surface area (Å²) in [6.45, 7) is 7.19. The van der Waals surface area contributed by atoms with E-state index >= 15 is 0 Å². The van der Waals surface area contributed by atoms with Crippen molar-refractivity contribution in [2.75, 3.05) is 13.1 Å². The molecule has 3 atom stereocenters. The van der Waals surface area contributed by atoms with Crippen molar-refractivity contribution >= 4 is 11.9 Å². The monoisotopic (exact) mass is 242 g/mol. The van der Waals surface area contributed by atoms with Crippen molar-refractivity contribution in [2.24, 2.45) is 5.92 Å². The number of amides is 1. The van der Waals surface area contributed by atoms with Crippen molar-refractivity contribution in [3.63, 3.8) is 0 Å². The van der Waals surface area contributed by atoms with Crippen molar-refractivity contribution in [1.82, 2.24) is 10.2 Å². The van der Waals surface area contributed by atoms with Gasteiger partial charge in [-0.05, 0) is 26.8 Å². The first-order valence-corrected chi connectivity index (χ1v) is 6.23. The number of carbonyl (C=O) groups is 2. The fraction of sp³-hybridized carbons (Fsp3) is 0.833. The Morgan fingerprint density at radius 2 is 2.18 bits per heavy atom. The minimum atomic E-state index is -0.799. The molecule has 0 radical (unpaired) electrons. The predicted molar refractivity (Wildman–Crippen MR) is 64.7 cm³/mol. The summed E-state index contributed by atoms with van der Waals surface area (Å²) in [7, 11) is 0. The van der Waals surface area contributed by atoms with Crippen molar-refractivity contribution < 1.29 is 14.7 Å². The summed E-state index contributed by atoms with van der Waals surface area (Å²) in [6.07, 6.45) is 1.00. The van der Waals surface area contributed by atoms with E-state index in [4.69, 9.17) is 5.11 Å². The van der Waals surface area contributed by atoms with E-state index in [0.29, 0.717) is 19.4 Å². The second-order valence-electron chi connectivity index (χ2n) is 4.72. The van der Waals surface area contributed by atoms with Crippen LogP contribution in [-0.4, -0.2) is 47.1 Å². The molecular formula is C12H22N2O3. The Morgan fingerprint density at radius 1 is 1.53 bits per heavy atom. The lowest BCUT2D eigenvalue weighted by atomic mass is 10.0. The summed E-state index contributed by atoms with van der Waals surface area (Å²) in [6, 6.07) is -0.0441. The normalized spacial score (nSPS) is 25.9. The van der Waals surface area contributed by atoms with Crippen LogP contribution in [0.25, 0.3) is 0 Å². The molecule has 1 rings (SSSR count). The zero-order valence-electron chi connectivity index (χ0n) is 10.8. The van der Waals surface area contributed by atoms with Gasteiger partial charge < -0.3 is 15.3 Å². The van der Waals surface area contributed by atoms with Gasteiger partial charge in [0, 0.05) is 25.0 Å². The van der Waals surface area contributed by atoms with E-state index in [0.717, 1.165) is 6.54 Å². The molecule has 1 amide bonds. The summed E-state index contributed by atoms with van der Waals surface area (Å²) in [5.74, 6) is -1.16. The highest BCUT2D eigenvalue weighted by Gasteiger charge is 2.37. The van der Waals surface area contributed by atoms with Gasteiger partial charge in [-0.2, -0.15) is 0 Å². The molecule has 0 aliphatic carbocycles. The summed E-state index contributed by atoms with van der Waals surface area (Å²) in [4.78, 5) is 24.7. The third-order valence-electron chi connectivity index (χ3n) is 3.43. The first-order valence-electron chi connectivity index (χ1n) is 6.23. The average molecular weight is 242 g/mol. The van der Waals surface area contributed by atoms with Gasteiger partial charge in [-0.15, -0.1) is 0 Å². The van der Waals surface area contributed by atoms with Gasteiger partial charge in [0.1, 0.15) is 0 Å². The van der Waals surface area contributed by atoms with Gasteiger partial charge in [0.05, 0.1) is 5.92 Å². The third-order valence-corrected chi connectivity index (χ3v) is 3.43. The Kier molecular flexibility index (Phi) is 4.93. The van der Waals surface area contributed by atoms with Gasteiger partial charge in [0.2, 0.25) is 5.91 Å². The summed E-state index contributed by atoms with van der Waals surface area (Å²) in [5.41, 5.74) is 0. The molecule has 0 aromatic carbocycles. The lowest BCUT2D eigenvalue weighted by Crippen LogP contribution is -2.40. The molecule has 1 aliphatic rings. The third kappa shape index (κ3) is 3.43. The number of rotatable bonds is 5. The fourth-order valence-corrected chi connectivity index (χ4v) is 2.42. The summed E-state index contributed by atoms with van der Waals surface area (Å²) < 4.78 is 0. The molecule has 0 aromatic heterocycles. The minimum Gasteiger partial charge on any atom is -0.481 e. The number of nitrogens with one attached hydrogen (secondary N) is 1. The van der Waals surface area contributed by atoms with Crippen LogP contribution in [0.15, 0.2) is 0 Å². The highest BCUT2D eigenvalue weighted by atomic mass is 16.4. The Labute approximate surface area is 102 Å². The zero-order valence-corrected chi connectivity index (χ0v) is 10.8. The molecule has 5 heteroatoms. The Balaban J connectivity index is 2.51. The van der Waals surface area contributed by atoms with Crippen molar-refractivity contribution in [2.45, 2.75) is 45.7 Å². The van der Waals surface area contributed by atoms with Gasteiger partial charge in [0.25, 0.3) is 0 Å². The molecule has 5 nitrogen and oxygen atoms in total. The Bertz CT molecular complexity index is 293. The van der Waals surface area contributed by atoms with Crippen LogP contribution in [0.4, 0.5) is 0 Å². The molecule has 1 aliphatic heterocycles. The molecular weight excluding hydrogens is 220 g/mol. The molecule has 0 spiro atoms. The van der Waals surface area contributed by atoms with Crippen LogP contribution in [0, 0.1) is 5.92 Å². The summed E-state index contributed by atoms with van der Waals surface area (Å²) >= 11 is 0. The van der Waals surface area contributed by atoms with Crippen LogP contribution in [0.1, 0.15) is 33.6 Å². The molecule has 0 bridgehead atoms. The molecule has 17 heavy (non-hydrogen) atoms. The first-order chi connectivity index (χ1) is 7.97. The molecule has 2 N–H and O–H groups in total. The quantitative estimate of drug-likeness (QED) is 0.744. The van der Waals surface area contributed by atoms with Gasteiger partial charge in [-0.1, -0.05) is 6.92 Å². The van der Waals surface area contributed by atoms with Gasteiger partial charge in [-0.25, -0.2) is 0 Å². The van der Waals surface area contributed by atoms with Gasteiger partial charge in [0.15, 0.2) is 0 Å². The number of nitrogens with zero attached hydrogens (tertiary/aromatic N) is 1. The highest BCUT2D eigenvalue weighted by molar-refractivity contribution is 5.79. The van der Waals surface area contributed by atoms with Crippen LogP contribution in [-0.2, 0) is 9.59 Å². The van der Waals surface area contributed by atoms with Crippen LogP contribution < -0.4 is 5.32 Å². The van der Waals surface area contributed by atoms with E-state index in [1.54, 1.807) is 4.90 Å². The average Bonchev–Trinajstić information content (AvgIpc) is 2.60. The SMILES string of the molecule is CCNC(C)CC(=O)N1CCC(C(=O)O)C1C. The maximum Gasteiger partial charge on any atom is 0.308 e. The maximum atomic E-state index is 12.0. The number of carboxylic acid groups (broad SMARTS) is 1. The van der Waals surface area contributed by atoms with E-state index in [-0.39, 0.29) is 18.0 Å². The molecule has 0 saturated carbocycles. The topological polar surface area (TPSA) is 69.6 Å². The van der Waals surface area contributed by atoms with Crippen LogP contribution in [0.2, 0.25) is 0 Å². The number of carboxylic acids is 1. The molecule has 98 valence electrons. The van der Waals surface area contributed by atoms with Gasteiger partial charge in [-0.3, -0.25) is 9.59 Å². The van der Waals surface area contributed by atoms with Crippen LogP contribution >= 0.6 is 0 Å². The minimum absolute atomic E-state index is 0.0506. The number of hydrogen-bond acceptors (Lipinski definition) is 3. The van der Waals surface area contributed by atoms with Crippen LogP contribution in [0.3, 0.4) is 0 Å². The van der Waals surface area contributed by atoms with Gasteiger partial charge >= 0.3 is 5.97 Å². The fourth-order valence-electron chi connectivity index (χ4n) is 2.42. The second-order valence-corrected chi connectivity index (χ2v) is 4.72. The van der Waals surface area contributed by atoms with Crippen molar-refractivity contribution in [3.8, 4) is 0 Å². The van der Waals surface area contributed by atoms with Crippen molar-refractivity contribution in [3.05, 3.63) is 0 Å². The van der Waals surface area contributed by atoms with Crippen molar-refractivity contribution in [1.29, 1.82) is 0 Å². The van der Waals surface area contributed by atoms with E-state index in [2.05, 4.69) is 5.32 Å². The van der Waals surface area contributed by atoms with Crippen LogP contribution in [0.5, 0.6) is 0 Å². The lowest BCUT2D eigenvalue weighted by molar-refractivity contribution is -0.143. The largest absolute Gasteiger partial charge is 0.481 e. The number of aliphatic carboxylic acids is 1. The van der Waals surface area contributed by atoms with E-state index in [1.165, 1.54) is 0 Å². The Morgan fingerprint density at radius 3 is 2.65 bits per heavy atom. The number of likely N-dealkylation sites (tertiary alicyclic amines) is 1. The van der Waals surface area contributed by atoms with E-state index in [1.807, 2.05) is 20.8 Å². The highest BCUT2D eigenvalue weighted by Crippen LogP contribution is 2.25. The Hall–Kier alpha value is -1.10. The maximum absolute atomic E-state index is 12.0. The molecule has 3 unspecified atom stereocenters. The summed E-state index contributed by atoms with van der Waals surface area (Å²) in [5, 5.41) is 12.2. The smallest absolute Gasteiger partial charge is 0.308 e. The second kappa shape index (κ2) is 6.00. The number of hydrogen-bond donors (Lipinski definition) is 2. The molecule has 1 heterocycles. The van der Waals surface area contributed by atoms with E-state index < -0.39 is 11.9 Å². The molecule has 1 fully saturated rings. The standard InChI is InChI=1S/C12H22N2O3/c1-4-13-8(2)7-11(15)14-6-5-10(9(14)3)12(16)17/h8-10,13H,4-7H2,1-3H3,(H,16,17). The zero-order chi connectivity index (χ0) is 13.0. The van der Waals surface area contributed by atoms with E-state index in [9.17, 15) is 9.59 Å². The predicted octanol–water partition coefficient (Wildman–Crippen LogP) is 0.696.